The Morgan fingerprint density at radius 2 is 1.50 bits per heavy atom. The minimum absolute atomic E-state index is 0. The second-order valence-corrected chi connectivity index (χ2v) is 7.49. The Balaban J connectivity index is 0. The Bertz CT molecular complexity index is 396. The third-order valence-corrected chi connectivity index (χ3v) is 6.54. The Morgan fingerprint density at radius 1 is 1.17 bits per heavy atom. The Kier molecular flexibility index (Phi) is 9.06. The van der Waals surface area contributed by atoms with E-state index in [4.69, 9.17) is 9.79 Å². The average Bonchev–Trinajstić information content (AvgIpc) is 1.94. The molecule has 0 bridgehead atoms. The summed E-state index contributed by atoms with van der Waals surface area (Å²) in [5.74, 6) is 0. The maximum atomic E-state index is 11.0. The predicted octanol–water partition coefficient (Wildman–Crippen LogP) is -6.77. The second-order valence-electron chi connectivity index (χ2n) is 3.76. The molecule has 0 radical (unpaired) electrons. The van der Waals surface area contributed by atoms with Gasteiger partial charge in [-0.05, 0) is 31.8 Å². The van der Waals surface area contributed by atoms with Crippen molar-refractivity contribution < 1.29 is 92.9 Å². The van der Waals surface area contributed by atoms with E-state index >= 15 is 0 Å². The molecule has 0 saturated heterocycles. The number of hydrogen-bond donors (Lipinski definition) is 3. The van der Waals surface area contributed by atoms with Crippen molar-refractivity contribution in [2.45, 2.75) is 31.3 Å². The van der Waals surface area contributed by atoms with Crippen molar-refractivity contribution in [2.24, 2.45) is 0 Å². The fraction of sp³-hybridized carbons (Fsp3) is 0.714. The summed E-state index contributed by atoms with van der Waals surface area (Å²) in [4.78, 5) is 39.5. The van der Waals surface area contributed by atoms with Crippen molar-refractivity contribution in [3.63, 3.8) is 0 Å². The summed E-state index contributed by atoms with van der Waals surface area (Å²) in [5, 5.41) is 5.98. The molecule has 0 aromatic rings. The first-order valence-corrected chi connectivity index (χ1v) is 7.66. The Labute approximate surface area is 149 Å². The van der Waals surface area contributed by atoms with Crippen molar-refractivity contribution in [1.82, 2.24) is 0 Å². The summed E-state index contributed by atoms with van der Waals surface area (Å²) in [6, 6.07) is 0. The van der Waals surface area contributed by atoms with E-state index in [-0.39, 0.29) is 59.1 Å². The van der Waals surface area contributed by atoms with Crippen LogP contribution >= 0.6 is 15.2 Å². The van der Waals surface area contributed by atoms with Gasteiger partial charge in [0, 0.05) is 0 Å². The quantitative estimate of drug-likeness (QED) is 0.267. The molecule has 0 heterocycles. The van der Waals surface area contributed by atoms with E-state index in [1.165, 1.54) is 0 Å². The van der Waals surface area contributed by atoms with Gasteiger partial charge in [0.1, 0.15) is 0 Å². The normalized spacial score (nSPS) is 24.2. The smallest absolute Gasteiger partial charge is 0.776 e. The first-order valence-electron chi connectivity index (χ1n) is 4.51. The molecular formula is C7H12Na2O7P2. The van der Waals surface area contributed by atoms with Crippen LogP contribution in [0.25, 0.3) is 0 Å². The van der Waals surface area contributed by atoms with Crippen LogP contribution in [0.4, 0.5) is 0 Å². The van der Waals surface area contributed by atoms with Gasteiger partial charge in [-0.3, -0.25) is 0 Å². The number of aliphatic hydroxyl groups is 1. The van der Waals surface area contributed by atoms with Crippen LogP contribution in [-0.2, 0) is 9.13 Å². The third kappa shape index (κ3) is 4.01. The molecule has 2 unspecified atom stereocenters. The molecule has 1 rings (SSSR count). The zero-order valence-corrected chi connectivity index (χ0v) is 16.3. The van der Waals surface area contributed by atoms with E-state index in [1.54, 1.807) is 0 Å². The predicted molar refractivity (Wildman–Crippen MR) is 51.2 cm³/mol. The first kappa shape index (κ1) is 22.3. The van der Waals surface area contributed by atoms with Gasteiger partial charge >= 0.3 is 59.1 Å². The molecule has 11 heteroatoms. The van der Waals surface area contributed by atoms with Gasteiger partial charge in [0.05, 0.1) is 0 Å². The van der Waals surface area contributed by atoms with Gasteiger partial charge in [-0.1, -0.05) is 5.57 Å². The molecular weight excluding hydrogens is 304 g/mol. The molecule has 1 aliphatic rings. The maximum Gasteiger partial charge on any atom is 1.00 e. The van der Waals surface area contributed by atoms with Gasteiger partial charge in [-0.25, -0.2) is 0 Å². The number of allylic oxidation sites excluding steroid dienone is 1. The van der Waals surface area contributed by atoms with Crippen LogP contribution in [0.5, 0.6) is 0 Å². The van der Waals surface area contributed by atoms with Crippen molar-refractivity contribution >= 4 is 15.2 Å². The van der Waals surface area contributed by atoms with Gasteiger partial charge in [0.25, 0.3) is 0 Å². The van der Waals surface area contributed by atoms with Crippen LogP contribution in [0.2, 0.25) is 0 Å². The van der Waals surface area contributed by atoms with Gasteiger partial charge in [0.15, 0.2) is 15.2 Å². The molecule has 0 amide bonds. The van der Waals surface area contributed by atoms with Crippen molar-refractivity contribution in [2.75, 3.05) is 0 Å². The van der Waals surface area contributed by atoms with Gasteiger partial charge in [0.2, 0.25) is 5.08 Å². The molecule has 2 atom stereocenters. The summed E-state index contributed by atoms with van der Waals surface area (Å²) in [6.45, 7) is 1.07. The Morgan fingerprint density at radius 3 is 1.67 bits per heavy atom. The number of hydrogen-bond acceptors (Lipinski definition) is 5. The molecule has 0 aliphatic heterocycles. The maximum absolute atomic E-state index is 11.0. The summed E-state index contributed by atoms with van der Waals surface area (Å²) in [5.41, 5.74) is -0.0156. The van der Waals surface area contributed by atoms with E-state index in [1.807, 2.05) is 0 Å². The summed E-state index contributed by atoms with van der Waals surface area (Å²) >= 11 is 0. The molecule has 3 N–H and O–H groups in total. The minimum atomic E-state index is -5.68. The SMILES string of the molecule is CC(=C1CCC1)C(O)(P(=O)([O-])O)P(=O)([O-])O.[Na+].[Na+]. The van der Waals surface area contributed by atoms with Crippen LogP contribution in [0.15, 0.2) is 11.1 Å². The van der Waals surface area contributed by atoms with Gasteiger partial charge in [-0.15, -0.1) is 0 Å². The second kappa shape index (κ2) is 7.32. The van der Waals surface area contributed by atoms with Gasteiger partial charge in [-0.2, -0.15) is 0 Å². The molecule has 0 aromatic carbocycles. The van der Waals surface area contributed by atoms with E-state index < -0.39 is 25.8 Å². The molecule has 1 aliphatic carbocycles. The summed E-state index contributed by atoms with van der Waals surface area (Å²) < 4.78 is 21.9. The standard InChI is InChI=1S/C7H14O7P2.2Na/c1-5(6-3-2-4-6)7(8,15(9,10)11)16(12,13)14;;/h8H,2-4H2,1H3,(H2,9,10,11)(H2,12,13,14);;/q;2*+1/p-2. The van der Waals surface area contributed by atoms with E-state index in [0.717, 1.165) is 13.3 Å². The van der Waals surface area contributed by atoms with Crippen LogP contribution < -0.4 is 68.9 Å². The van der Waals surface area contributed by atoms with Crippen molar-refractivity contribution in [3.8, 4) is 0 Å². The zero-order valence-electron chi connectivity index (χ0n) is 10.5. The number of rotatable bonds is 3. The largest absolute Gasteiger partial charge is 1.00 e. The van der Waals surface area contributed by atoms with Crippen molar-refractivity contribution in [1.29, 1.82) is 0 Å². The summed E-state index contributed by atoms with van der Waals surface area (Å²) in [7, 11) is -11.4. The van der Waals surface area contributed by atoms with Crippen LogP contribution in [0.3, 0.4) is 0 Å². The third-order valence-electron chi connectivity index (χ3n) is 2.78. The Hall–Kier alpha value is 2.00. The molecule has 0 spiro atoms. The van der Waals surface area contributed by atoms with Crippen LogP contribution in [0.1, 0.15) is 26.2 Å². The van der Waals surface area contributed by atoms with E-state index in [2.05, 4.69) is 0 Å². The van der Waals surface area contributed by atoms with E-state index in [9.17, 15) is 24.0 Å². The van der Waals surface area contributed by atoms with Gasteiger partial charge < -0.3 is 33.8 Å². The molecule has 1 fully saturated rings. The van der Waals surface area contributed by atoms with E-state index in [0.29, 0.717) is 18.4 Å². The fourth-order valence-electron chi connectivity index (χ4n) is 1.55. The average molecular weight is 316 g/mol. The van der Waals surface area contributed by atoms with Crippen molar-refractivity contribution in [3.05, 3.63) is 11.1 Å². The first-order chi connectivity index (χ1) is 7.02. The monoisotopic (exact) mass is 316 g/mol. The molecule has 0 aromatic heterocycles. The summed E-state index contributed by atoms with van der Waals surface area (Å²) in [6.07, 6.45) is 1.62. The topological polar surface area (TPSA) is 141 Å². The fourth-order valence-corrected chi connectivity index (χ4v) is 3.99. The van der Waals surface area contributed by atoms with Crippen LogP contribution in [0, 0.1) is 0 Å². The molecule has 94 valence electrons. The molecule has 1 saturated carbocycles. The molecule has 7 nitrogen and oxygen atoms in total. The zero-order chi connectivity index (χ0) is 12.8. The molecule has 18 heavy (non-hydrogen) atoms. The van der Waals surface area contributed by atoms with Crippen LogP contribution in [-0.4, -0.2) is 20.0 Å². The minimum Gasteiger partial charge on any atom is -0.776 e.